The zero-order valence-electron chi connectivity index (χ0n) is 16.1. The molecule has 1 spiro atoms. The molecule has 0 unspecified atom stereocenters. The summed E-state index contributed by atoms with van der Waals surface area (Å²) in [6, 6.07) is 6.75. The molecule has 1 amide bonds. The third kappa shape index (κ3) is 4.10. The van der Waals surface area contributed by atoms with E-state index in [2.05, 4.69) is 0 Å². The molecular formula is C20H28N2O5S. The highest BCUT2D eigenvalue weighted by molar-refractivity contribution is 7.89. The largest absolute Gasteiger partial charge is 0.347 e. The van der Waals surface area contributed by atoms with Crippen LogP contribution in [0.2, 0.25) is 0 Å². The van der Waals surface area contributed by atoms with Gasteiger partial charge in [0, 0.05) is 39.0 Å². The Hall–Kier alpha value is -1.48. The molecule has 3 aliphatic rings. The van der Waals surface area contributed by atoms with E-state index in [0.717, 1.165) is 24.8 Å². The molecular weight excluding hydrogens is 380 g/mol. The summed E-state index contributed by atoms with van der Waals surface area (Å²) in [6.07, 6.45) is 4.59. The maximum Gasteiger partial charge on any atom is 0.243 e. The van der Waals surface area contributed by atoms with E-state index in [1.54, 1.807) is 28.6 Å². The second kappa shape index (κ2) is 8.10. The van der Waals surface area contributed by atoms with Crippen LogP contribution in [-0.4, -0.2) is 68.7 Å². The van der Waals surface area contributed by atoms with Crippen LogP contribution in [0.3, 0.4) is 0 Å². The topological polar surface area (TPSA) is 76.2 Å². The first-order chi connectivity index (χ1) is 13.5. The number of amides is 1. The Morgan fingerprint density at radius 1 is 0.929 bits per heavy atom. The molecule has 0 radical (unpaired) electrons. The van der Waals surface area contributed by atoms with Gasteiger partial charge in [-0.15, -0.1) is 0 Å². The average molecular weight is 409 g/mol. The Kier molecular flexibility index (Phi) is 5.73. The number of piperidine rings is 2. The van der Waals surface area contributed by atoms with Crippen LogP contribution >= 0.6 is 0 Å². The van der Waals surface area contributed by atoms with Crippen molar-refractivity contribution >= 4 is 15.9 Å². The highest BCUT2D eigenvalue weighted by Gasteiger charge is 2.40. The van der Waals surface area contributed by atoms with Crippen LogP contribution < -0.4 is 0 Å². The zero-order chi connectivity index (χ0) is 19.6. The van der Waals surface area contributed by atoms with Gasteiger partial charge < -0.3 is 14.4 Å². The van der Waals surface area contributed by atoms with E-state index < -0.39 is 15.8 Å². The standard InChI is InChI=1S/C20H28N2O5S/c23-19(21-12-8-20(9-13-21)26-14-15-27-20)16-17-4-6-18(7-5-17)28(24,25)22-10-2-1-3-11-22/h4-7H,1-3,8-16H2. The quantitative estimate of drug-likeness (QED) is 0.759. The number of rotatable bonds is 4. The Morgan fingerprint density at radius 3 is 2.14 bits per heavy atom. The van der Waals surface area contributed by atoms with Crippen LogP contribution in [0, 0.1) is 0 Å². The van der Waals surface area contributed by atoms with Crippen LogP contribution in [0.25, 0.3) is 0 Å². The van der Waals surface area contributed by atoms with Gasteiger partial charge in [0.1, 0.15) is 0 Å². The van der Waals surface area contributed by atoms with Crippen molar-refractivity contribution in [2.75, 3.05) is 39.4 Å². The summed E-state index contributed by atoms with van der Waals surface area (Å²) in [6.45, 7) is 3.68. The Labute approximate surface area is 166 Å². The predicted octanol–water partition coefficient (Wildman–Crippen LogP) is 1.77. The molecule has 4 rings (SSSR count). The van der Waals surface area contributed by atoms with Gasteiger partial charge in [0.15, 0.2) is 5.79 Å². The Morgan fingerprint density at radius 2 is 1.54 bits per heavy atom. The van der Waals surface area contributed by atoms with E-state index >= 15 is 0 Å². The van der Waals surface area contributed by atoms with E-state index in [1.165, 1.54) is 0 Å². The van der Waals surface area contributed by atoms with Gasteiger partial charge in [0.2, 0.25) is 15.9 Å². The molecule has 0 aliphatic carbocycles. The summed E-state index contributed by atoms with van der Waals surface area (Å²) in [4.78, 5) is 14.8. The fourth-order valence-corrected chi connectivity index (χ4v) is 5.72. The molecule has 7 nitrogen and oxygen atoms in total. The summed E-state index contributed by atoms with van der Waals surface area (Å²) in [7, 11) is -3.43. The van der Waals surface area contributed by atoms with Crippen molar-refractivity contribution in [3.8, 4) is 0 Å². The van der Waals surface area contributed by atoms with Crippen molar-refractivity contribution in [1.82, 2.24) is 9.21 Å². The summed E-state index contributed by atoms with van der Waals surface area (Å²) in [5.41, 5.74) is 0.830. The molecule has 28 heavy (non-hydrogen) atoms. The van der Waals surface area contributed by atoms with Crippen molar-refractivity contribution in [2.24, 2.45) is 0 Å². The molecule has 0 aromatic heterocycles. The second-order valence-electron chi connectivity index (χ2n) is 7.77. The molecule has 1 aromatic carbocycles. The number of ether oxygens (including phenoxy) is 2. The maximum absolute atomic E-state index is 12.7. The Bertz CT molecular complexity index is 786. The number of carbonyl (C=O) groups is 1. The normalized spacial score (nSPS) is 23.2. The smallest absolute Gasteiger partial charge is 0.243 e. The van der Waals surface area contributed by atoms with Gasteiger partial charge in [0.05, 0.1) is 24.5 Å². The second-order valence-corrected chi connectivity index (χ2v) is 9.71. The summed E-state index contributed by atoms with van der Waals surface area (Å²) < 4.78 is 38.4. The lowest BCUT2D eigenvalue weighted by Crippen LogP contribution is -2.47. The van der Waals surface area contributed by atoms with Gasteiger partial charge in [-0.2, -0.15) is 4.31 Å². The number of sulfonamides is 1. The number of hydrogen-bond acceptors (Lipinski definition) is 5. The van der Waals surface area contributed by atoms with Crippen molar-refractivity contribution in [1.29, 1.82) is 0 Å². The monoisotopic (exact) mass is 408 g/mol. The predicted molar refractivity (Wildman–Crippen MR) is 103 cm³/mol. The highest BCUT2D eigenvalue weighted by Crippen LogP contribution is 2.31. The summed E-state index contributed by atoms with van der Waals surface area (Å²) in [5.74, 6) is -0.430. The first kappa shape index (κ1) is 19.8. The first-order valence-corrected chi connectivity index (χ1v) is 11.6. The zero-order valence-corrected chi connectivity index (χ0v) is 17.0. The van der Waals surface area contributed by atoms with Crippen molar-refractivity contribution in [3.05, 3.63) is 29.8 Å². The lowest BCUT2D eigenvalue weighted by Gasteiger charge is -2.37. The minimum Gasteiger partial charge on any atom is -0.347 e. The van der Waals surface area contributed by atoms with Crippen LogP contribution in [-0.2, 0) is 30.7 Å². The molecule has 3 fully saturated rings. The molecule has 3 heterocycles. The molecule has 154 valence electrons. The van der Waals surface area contributed by atoms with Crippen LogP contribution in [0.15, 0.2) is 29.2 Å². The number of hydrogen-bond donors (Lipinski definition) is 0. The van der Waals surface area contributed by atoms with Crippen molar-refractivity contribution in [2.45, 2.75) is 49.2 Å². The Balaban J connectivity index is 1.35. The lowest BCUT2D eigenvalue weighted by atomic mass is 10.0. The molecule has 0 N–H and O–H groups in total. The summed E-state index contributed by atoms with van der Waals surface area (Å²) in [5, 5.41) is 0. The lowest BCUT2D eigenvalue weighted by molar-refractivity contribution is -0.187. The van der Waals surface area contributed by atoms with Crippen LogP contribution in [0.1, 0.15) is 37.7 Å². The minimum absolute atomic E-state index is 0.0551. The molecule has 8 heteroatoms. The number of likely N-dealkylation sites (tertiary alicyclic amines) is 1. The molecule has 0 saturated carbocycles. The van der Waals surface area contributed by atoms with Crippen LogP contribution in [0.5, 0.6) is 0 Å². The highest BCUT2D eigenvalue weighted by atomic mass is 32.2. The molecule has 1 aromatic rings. The van der Waals surface area contributed by atoms with E-state index in [4.69, 9.17) is 9.47 Å². The number of nitrogens with zero attached hydrogens (tertiary/aromatic N) is 2. The van der Waals surface area contributed by atoms with Gasteiger partial charge in [-0.25, -0.2) is 8.42 Å². The van der Waals surface area contributed by atoms with Crippen molar-refractivity contribution in [3.63, 3.8) is 0 Å². The van der Waals surface area contributed by atoms with E-state index in [-0.39, 0.29) is 12.3 Å². The number of carbonyl (C=O) groups excluding carboxylic acids is 1. The van der Waals surface area contributed by atoms with Gasteiger partial charge in [-0.3, -0.25) is 4.79 Å². The van der Waals surface area contributed by atoms with Crippen molar-refractivity contribution < 1.29 is 22.7 Å². The van der Waals surface area contributed by atoms with Gasteiger partial charge in [-0.1, -0.05) is 18.6 Å². The molecule has 0 bridgehead atoms. The third-order valence-corrected chi connectivity index (χ3v) is 7.84. The fraction of sp³-hybridized carbons (Fsp3) is 0.650. The third-order valence-electron chi connectivity index (χ3n) is 5.92. The molecule has 3 saturated heterocycles. The summed E-state index contributed by atoms with van der Waals surface area (Å²) >= 11 is 0. The van der Waals surface area contributed by atoms with E-state index in [9.17, 15) is 13.2 Å². The molecule has 3 aliphatic heterocycles. The minimum atomic E-state index is -3.43. The van der Waals surface area contributed by atoms with E-state index in [0.29, 0.717) is 57.1 Å². The average Bonchev–Trinajstić information content (AvgIpc) is 3.17. The maximum atomic E-state index is 12.7. The number of benzene rings is 1. The van der Waals surface area contributed by atoms with E-state index in [1.807, 2.05) is 4.90 Å². The van der Waals surface area contributed by atoms with Crippen LogP contribution in [0.4, 0.5) is 0 Å². The van der Waals surface area contributed by atoms with Gasteiger partial charge in [0.25, 0.3) is 0 Å². The van der Waals surface area contributed by atoms with Gasteiger partial charge >= 0.3 is 0 Å². The molecule has 0 atom stereocenters. The fourth-order valence-electron chi connectivity index (χ4n) is 4.20. The van der Waals surface area contributed by atoms with Gasteiger partial charge in [-0.05, 0) is 30.5 Å². The SMILES string of the molecule is O=C(Cc1ccc(S(=O)(=O)N2CCCCC2)cc1)N1CCC2(CC1)OCCO2. The first-order valence-electron chi connectivity index (χ1n) is 10.1.